The predicted molar refractivity (Wildman–Crippen MR) is 185 cm³/mol. The number of ketones is 1. The molecule has 260 valence electrons. The highest BCUT2D eigenvalue weighted by atomic mass is 16.5. The van der Waals surface area contributed by atoms with E-state index in [1.54, 1.807) is 23.1 Å². The van der Waals surface area contributed by atoms with Crippen molar-refractivity contribution >= 4 is 34.9 Å². The van der Waals surface area contributed by atoms with Crippen LogP contribution in [0.15, 0.2) is 54.6 Å². The quantitative estimate of drug-likeness (QED) is 0.283. The zero-order valence-corrected chi connectivity index (χ0v) is 28.9. The highest BCUT2D eigenvalue weighted by Gasteiger charge is 2.56. The van der Waals surface area contributed by atoms with Crippen molar-refractivity contribution in [2.75, 3.05) is 50.7 Å². The van der Waals surface area contributed by atoms with Crippen molar-refractivity contribution in [3.05, 3.63) is 82.4 Å². The number of carbonyl (C=O) groups excluding carboxylic acids is 4. The molecule has 1 saturated carbocycles. The molecule has 1 aliphatic carbocycles. The Morgan fingerprint density at radius 1 is 0.878 bits per heavy atom. The lowest BCUT2D eigenvalue weighted by Crippen LogP contribution is -2.56. The van der Waals surface area contributed by atoms with E-state index in [0.29, 0.717) is 43.2 Å². The molecule has 11 nitrogen and oxygen atoms in total. The number of benzene rings is 3. The van der Waals surface area contributed by atoms with Gasteiger partial charge in [-0.05, 0) is 86.7 Å². The summed E-state index contributed by atoms with van der Waals surface area (Å²) in [5.41, 5.74) is 3.22. The maximum absolute atomic E-state index is 14.3. The molecule has 5 rings (SSSR count). The van der Waals surface area contributed by atoms with Gasteiger partial charge in [-0.3, -0.25) is 19.2 Å². The van der Waals surface area contributed by atoms with Gasteiger partial charge < -0.3 is 34.9 Å². The normalized spacial score (nSPS) is 22.3. The van der Waals surface area contributed by atoms with E-state index < -0.39 is 47.4 Å². The molecule has 4 unspecified atom stereocenters. The molecule has 0 spiro atoms. The van der Waals surface area contributed by atoms with Crippen LogP contribution in [-0.4, -0.2) is 79.1 Å². The van der Waals surface area contributed by atoms with Crippen LogP contribution in [0.2, 0.25) is 0 Å². The highest BCUT2D eigenvalue weighted by Crippen LogP contribution is 2.48. The molecule has 3 aromatic rings. The average Bonchev–Trinajstić information content (AvgIpc) is 3.06. The summed E-state index contributed by atoms with van der Waals surface area (Å²) in [7, 11) is 1.44. The van der Waals surface area contributed by atoms with Gasteiger partial charge in [0.15, 0.2) is 18.1 Å². The highest BCUT2D eigenvalue weighted by molar-refractivity contribution is 6.10. The van der Waals surface area contributed by atoms with E-state index in [4.69, 9.17) is 14.2 Å². The number of rotatable bonds is 9. The van der Waals surface area contributed by atoms with Crippen molar-refractivity contribution in [3.63, 3.8) is 0 Å². The standard InChI is InChI=1S/C38H45N3O8/c1-22-7-9-24(3)27(17-22)39-36(44)34-29(42)20-38(5,46)35(37(45)40-28-18-23(2)8-10-25(28)4)33(34)26-11-12-30(31(19-26)47-6)49-21-32(43)41-13-15-48-16-14-41/h7-12,17-19,33-35,46H,13-16,20-21H2,1-6H3,(H,39,44)(H,40,45). The first-order valence-electron chi connectivity index (χ1n) is 16.5. The second-order valence-corrected chi connectivity index (χ2v) is 13.3. The molecule has 49 heavy (non-hydrogen) atoms. The molecule has 2 fully saturated rings. The summed E-state index contributed by atoms with van der Waals surface area (Å²) in [5.74, 6) is -4.94. The van der Waals surface area contributed by atoms with Crippen molar-refractivity contribution in [2.45, 2.75) is 52.6 Å². The van der Waals surface area contributed by atoms with Crippen LogP contribution in [0, 0.1) is 39.5 Å². The maximum atomic E-state index is 14.3. The van der Waals surface area contributed by atoms with Crippen LogP contribution in [0.3, 0.4) is 0 Å². The Morgan fingerprint density at radius 3 is 2.06 bits per heavy atom. The Balaban J connectivity index is 1.54. The number of Topliss-reactive ketones (excluding diaryl/α,β-unsaturated/α-hetero) is 1. The Kier molecular flexibility index (Phi) is 10.7. The summed E-state index contributed by atoms with van der Waals surface area (Å²) in [6.07, 6.45) is -0.402. The van der Waals surface area contributed by atoms with Gasteiger partial charge in [0.25, 0.3) is 5.91 Å². The van der Waals surface area contributed by atoms with E-state index in [1.165, 1.54) is 14.0 Å². The fraction of sp³-hybridized carbons (Fsp3) is 0.421. The van der Waals surface area contributed by atoms with Crippen molar-refractivity contribution < 1.29 is 38.5 Å². The van der Waals surface area contributed by atoms with Crippen molar-refractivity contribution in [2.24, 2.45) is 11.8 Å². The van der Waals surface area contributed by atoms with Gasteiger partial charge in [0.1, 0.15) is 11.7 Å². The molecule has 2 aliphatic rings. The van der Waals surface area contributed by atoms with Crippen LogP contribution in [0.4, 0.5) is 11.4 Å². The first-order chi connectivity index (χ1) is 23.3. The molecule has 0 radical (unpaired) electrons. The Morgan fingerprint density at radius 2 is 1.47 bits per heavy atom. The van der Waals surface area contributed by atoms with Crippen LogP contribution >= 0.6 is 0 Å². The lowest BCUT2D eigenvalue weighted by atomic mass is 9.61. The van der Waals surface area contributed by atoms with Gasteiger partial charge in [-0.15, -0.1) is 0 Å². The smallest absolute Gasteiger partial charge is 0.260 e. The number of hydrogen-bond donors (Lipinski definition) is 3. The summed E-state index contributed by atoms with van der Waals surface area (Å²) in [6.45, 7) is 10.6. The van der Waals surface area contributed by atoms with E-state index in [0.717, 1.165) is 22.3 Å². The third-order valence-electron chi connectivity index (χ3n) is 9.42. The summed E-state index contributed by atoms with van der Waals surface area (Å²) in [6, 6.07) is 16.1. The van der Waals surface area contributed by atoms with Gasteiger partial charge in [0, 0.05) is 36.8 Å². The summed E-state index contributed by atoms with van der Waals surface area (Å²) in [4.78, 5) is 56.8. The minimum atomic E-state index is -1.80. The fourth-order valence-corrected chi connectivity index (χ4v) is 6.71. The molecule has 3 aromatic carbocycles. The van der Waals surface area contributed by atoms with E-state index in [1.807, 2.05) is 64.1 Å². The monoisotopic (exact) mass is 671 g/mol. The molecule has 11 heteroatoms. The van der Waals surface area contributed by atoms with Crippen LogP contribution in [0.5, 0.6) is 11.5 Å². The molecule has 3 N–H and O–H groups in total. The molecule has 1 saturated heterocycles. The zero-order valence-electron chi connectivity index (χ0n) is 28.9. The van der Waals surface area contributed by atoms with Crippen molar-refractivity contribution in [1.29, 1.82) is 0 Å². The number of ether oxygens (including phenoxy) is 3. The molecule has 0 aromatic heterocycles. The maximum Gasteiger partial charge on any atom is 0.260 e. The van der Waals surface area contributed by atoms with Crippen molar-refractivity contribution in [1.82, 2.24) is 4.90 Å². The Labute approximate surface area is 286 Å². The largest absolute Gasteiger partial charge is 0.493 e. The fourth-order valence-electron chi connectivity index (χ4n) is 6.71. The number of anilines is 2. The topological polar surface area (TPSA) is 144 Å². The lowest BCUT2D eigenvalue weighted by Gasteiger charge is -2.44. The van der Waals surface area contributed by atoms with Crippen LogP contribution in [-0.2, 0) is 23.9 Å². The second kappa shape index (κ2) is 14.8. The van der Waals surface area contributed by atoms with E-state index >= 15 is 0 Å². The van der Waals surface area contributed by atoms with Gasteiger partial charge in [-0.25, -0.2) is 0 Å². The summed E-state index contributed by atoms with van der Waals surface area (Å²) < 4.78 is 16.9. The van der Waals surface area contributed by atoms with Gasteiger partial charge in [0.2, 0.25) is 11.8 Å². The number of methoxy groups -OCH3 is 1. The van der Waals surface area contributed by atoms with Gasteiger partial charge in [0.05, 0.1) is 31.8 Å². The third-order valence-corrected chi connectivity index (χ3v) is 9.42. The third kappa shape index (κ3) is 7.95. The van der Waals surface area contributed by atoms with Crippen LogP contribution in [0.25, 0.3) is 0 Å². The second-order valence-electron chi connectivity index (χ2n) is 13.3. The van der Waals surface area contributed by atoms with E-state index in [2.05, 4.69) is 10.6 Å². The number of aryl methyl sites for hydroxylation is 4. The Bertz CT molecular complexity index is 1750. The van der Waals surface area contributed by atoms with Crippen molar-refractivity contribution in [3.8, 4) is 11.5 Å². The van der Waals surface area contributed by atoms with E-state index in [-0.39, 0.29) is 24.0 Å². The van der Waals surface area contributed by atoms with E-state index in [9.17, 15) is 24.3 Å². The molecule has 3 amide bonds. The predicted octanol–water partition coefficient (Wildman–Crippen LogP) is 4.48. The zero-order chi connectivity index (χ0) is 35.5. The SMILES string of the molecule is COc1cc(C2C(C(=O)Nc3cc(C)ccc3C)C(=O)CC(C)(O)C2C(=O)Nc2cc(C)ccc2C)ccc1OCC(=O)N1CCOCC1. The number of carbonyl (C=O) groups is 4. The van der Waals surface area contributed by atoms with Gasteiger partial charge in [-0.2, -0.15) is 0 Å². The van der Waals surface area contributed by atoms with Crippen LogP contribution < -0.4 is 20.1 Å². The molecule has 1 aliphatic heterocycles. The Hall–Kier alpha value is -4.74. The first-order valence-corrected chi connectivity index (χ1v) is 16.5. The number of morpholine rings is 1. The number of amides is 3. The molecule has 1 heterocycles. The number of nitrogens with one attached hydrogen (secondary N) is 2. The minimum Gasteiger partial charge on any atom is -0.493 e. The first kappa shape index (κ1) is 35.6. The minimum absolute atomic E-state index is 0.199. The number of aliphatic hydroxyl groups is 1. The number of hydrogen-bond acceptors (Lipinski definition) is 8. The summed E-state index contributed by atoms with van der Waals surface area (Å²) in [5, 5.41) is 17.7. The molecule has 4 atom stereocenters. The summed E-state index contributed by atoms with van der Waals surface area (Å²) >= 11 is 0. The van der Waals surface area contributed by atoms with Crippen LogP contribution in [0.1, 0.15) is 47.1 Å². The van der Waals surface area contributed by atoms with Gasteiger partial charge in [-0.1, -0.05) is 30.3 Å². The molecular weight excluding hydrogens is 626 g/mol. The average molecular weight is 672 g/mol. The number of nitrogens with zero attached hydrogens (tertiary/aromatic N) is 1. The van der Waals surface area contributed by atoms with Gasteiger partial charge >= 0.3 is 0 Å². The molecule has 0 bridgehead atoms. The molecular formula is C38H45N3O8. The lowest BCUT2D eigenvalue weighted by molar-refractivity contribution is -0.151.